The van der Waals surface area contributed by atoms with Gasteiger partial charge in [-0.15, -0.1) is 0 Å². The highest BCUT2D eigenvalue weighted by Crippen LogP contribution is 2.37. The number of nitrogens with two attached hydrogens (primary N) is 1. The van der Waals surface area contributed by atoms with Crippen molar-refractivity contribution in [3.63, 3.8) is 0 Å². The Labute approximate surface area is 127 Å². The van der Waals surface area contributed by atoms with Crippen molar-refractivity contribution >= 4 is 5.91 Å². The molecule has 1 aliphatic rings. The molecule has 0 bridgehead atoms. The summed E-state index contributed by atoms with van der Waals surface area (Å²) in [5, 5.41) is 0. The molecule has 0 radical (unpaired) electrons. The maximum absolute atomic E-state index is 12.1. The van der Waals surface area contributed by atoms with Gasteiger partial charge in [0.25, 0.3) is 0 Å². The van der Waals surface area contributed by atoms with Crippen LogP contribution in [0.3, 0.4) is 0 Å². The third kappa shape index (κ3) is 3.63. The van der Waals surface area contributed by atoms with Gasteiger partial charge in [-0.25, -0.2) is 5.84 Å². The predicted molar refractivity (Wildman–Crippen MR) is 85.6 cm³/mol. The highest BCUT2D eigenvalue weighted by molar-refractivity contribution is 5.83. The Morgan fingerprint density at radius 2 is 2.00 bits per heavy atom. The van der Waals surface area contributed by atoms with Gasteiger partial charge < -0.3 is 4.90 Å². The molecule has 1 unspecified atom stereocenters. The van der Waals surface area contributed by atoms with Crippen molar-refractivity contribution in [3.8, 4) is 0 Å². The first-order valence-electron chi connectivity index (χ1n) is 7.92. The number of nitrogens with one attached hydrogen (secondary N) is 1. The first kappa shape index (κ1) is 16.0. The fourth-order valence-corrected chi connectivity index (χ4v) is 3.39. The number of carbonyl (C=O) groups is 1. The second-order valence-electron chi connectivity index (χ2n) is 6.16. The molecule has 2 rings (SSSR count). The molecule has 1 aromatic rings. The smallest absolute Gasteiger partial charge is 0.242 e. The summed E-state index contributed by atoms with van der Waals surface area (Å²) in [7, 11) is 0. The monoisotopic (exact) mass is 289 g/mol. The molecular weight excluding hydrogens is 262 g/mol. The number of rotatable bonds is 6. The summed E-state index contributed by atoms with van der Waals surface area (Å²) in [6, 6.07) is 9.92. The second kappa shape index (κ2) is 7.05. The zero-order valence-electron chi connectivity index (χ0n) is 13.1. The van der Waals surface area contributed by atoms with E-state index in [0.29, 0.717) is 5.41 Å². The van der Waals surface area contributed by atoms with Crippen LogP contribution in [0.4, 0.5) is 0 Å². The first-order valence-corrected chi connectivity index (χ1v) is 7.92. The van der Waals surface area contributed by atoms with Crippen LogP contribution < -0.4 is 11.3 Å². The average molecular weight is 289 g/mol. The van der Waals surface area contributed by atoms with Gasteiger partial charge in [0.1, 0.15) is 0 Å². The van der Waals surface area contributed by atoms with Crippen molar-refractivity contribution in [2.75, 3.05) is 19.6 Å². The Hall–Kier alpha value is -1.39. The lowest BCUT2D eigenvalue weighted by atomic mass is 9.82. The topological polar surface area (TPSA) is 58.4 Å². The van der Waals surface area contributed by atoms with E-state index in [1.54, 1.807) is 0 Å². The first-order chi connectivity index (χ1) is 10.1. The standard InChI is InChI=1S/C17H27N3O/c1-3-17(4-2)10-11-20(13-17)12-15(16(21)19-18)14-8-6-5-7-9-14/h5-9,15H,3-4,10-13,18H2,1-2H3,(H,19,21). The molecule has 1 fully saturated rings. The summed E-state index contributed by atoms with van der Waals surface area (Å²) in [6.45, 7) is 7.45. The summed E-state index contributed by atoms with van der Waals surface area (Å²) in [6.07, 6.45) is 3.64. The van der Waals surface area contributed by atoms with Crippen LogP contribution in [0.25, 0.3) is 0 Å². The second-order valence-corrected chi connectivity index (χ2v) is 6.16. The molecule has 1 aromatic carbocycles. The predicted octanol–water partition coefficient (Wildman–Crippen LogP) is 2.27. The minimum absolute atomic E-state index is 0.105. The number of hydrazine groups is 1. The van der Waals surface area contributed by atoms with Crippen LogP contribution in [-0.4, -0.2) is 30.4 Å². The fourth-order valence-electron chi connectivity index (χ4n) is 3.39. The van der Waals surface area contributed by atoms with E-state index >= 15 is 0 Å². The Kier molecular flexibility index (Phi) is 5.37. The van der Waals surface area contributed by atoms with E-state index in [0.717, 1.165) is 25.2 Å². The Morgan fingerprint density at radius 1 is 1.33 bits per heavy atom. The van der Waals surface area contributed by atoms with Crippen molar-refractivity contribution in [1.29, 1.82) is 0 Å². The Morgan fingerprint density at radius 3 is 2.52 bits per heavy atom. The lowest BCUT2D eigenvalue weighted by Crippen LogP contribution is -2.40. The number of hydrogen-bond donors (Lipinski definition) is 2. The Balaban J connectivity index is 2.09. The van der Waals surface area contributed by atoms with E-state index in [1.807, 2.05) is 30.3 Å². The average Bonchev–Trinajstić information content (AvgIpc) is 2.96. The number of nitrogens with zero attached hydrogens (tertiary/aromatic N) is 1. The van der Waals surface area contributed by atoms with Crippen molar-refractivity contribution in [1.82, 2.24) is 10.3 Å². The van der Waals surface area contributed by atoms with Gasteiger partial charge in [-0.1, -0.05) is 44.2 Å². The SMILES string of the molecule is CCC1(CC)CCN(CC(C(=O)NN)c2ccccc2)C1. The van der Waals surface area contributed by atoms with Crippen molar-refractivity contribution in [2.24, 2.45) is 11.3 Å². The Bertz CT molecular complexity index is 456. The zero-order chi connectivity index (χ0) is 15.3. The van der Waals surface area contributed by atoms with Crippen LogP contribution in [-0.2, 0) is 4.79 Å². The van der Waals surface area contributed by atoms with Crippen LogP contribution in [0.15, 0.2) is 30.3 Å². The van der Waals surface area contributed by atoms with Crippen molar-refractivity contribution in [2.45, 2.75) is 39.0 Å². The number of hydrogen-bond acceptors (Lipinski definition) is 3. The molecule has 1 saturated heterocycles. The van der Waals surface area contributed by atoms with Crippen LogP contribution in [0.5, 0.6) is 0 Å². The largest absolute Gasteiger partial charge is 0.302 e. The van der Waals surface area contributed by atoms with Crippen molar-refractivity contribution < 1.29 is 4.79 Å². The third-order valence-corrected chi connectivity index (χ3v) is 5.12. The van der Waals surface area contributed by atoms with Gasteiger partial charge >= 0.3 is 0 Å². The van der Waals surface area contributed by atoms with Gasteiger partial charge in [-0.05, 0) is 36.8 Å². The normalized spacial score (nSPS) is 19.4. The molecule has 1 atom stereocenters. The summed E-state index contributed by atoms with van der Waals surface area (Å²) in [5.41, 5.74) is 3.78. The lowest BCUT2D eigenvalue weighted by Gasteiger charge is -2.28. The third-order valence-electron chi connectivity index (χ3n) is 5.12. The molecule has 0 spiro atoms. The molecule has 3 N–H and O–H groups in total. The summed E-state index contributed by atoms with van der Waals surface area (Å²) >= 11 is 0. The molecule has 4 heteroatoms. The maximum Gasteiger partial charge on any atom is 0.242 e. The van der Waals surface area contributed by atoms with E-state index in [2.05, 4.69) is 24.2 Å². The van der Waals surface area contributed by atoms with E-state index in [4.69, 9.17) is 5.84 Å². The van der Waals surface area contributed by atoms with Crippen LogP contribution in [0.2, 0.25) is 0 Å². The molecule has 0 aliphatic carbocycles. The maximum atomic E-state index is 12.1. The van der Waals surface area contributed by atoms with Gasteiger partial charge in [0.05, 0.1) is 5.92 Å². The molecule has 21 heavy (non-hydrogen) atoms. The van der Waals surface area contributed by atoms with Gasteiger partial charge in [-0.2, -0.15) is 0 Å². The summed E-state index contributed by atoms with van der Waals surface area (Å²) < 4.78 is 0. The zero-order valence-corrected chi connectivity index (χ0v) is 13.1. The minimum Gasteiger partial charge on any atom is -0.302 e. The highest BCUT2D eigenvalue weighted by Gasteiger charge is 2.36. The summed E-state index contributed by atoms with van der Waals surface area (Å²) in [4.78, 5) is 14.6. The van der Waals surface area contributed by atoms with Crippen LogP contribution >= 0.6 is 0 Å². The van der Waals surface area contributed by atoms with E-state index < -0.39 is 0 Å². The quantitative estimate of drug-likeness (QED) is 0.480. The van der Waals surface area contributed by atoms with Gasteiger partial charge in [0.15, 0.2) is 0 Å². The van der Waals surface area contributed by atoms with E-state index in [9.17, 15) is 4.79 Å². The highest BCUT2D eigenvalue weighted by atomic mass is 16.2. The van der Waals surface area contributed by atoms with Crippen LogP contribution in [0.1, 0.15) is 44.6 Å². The molecule has 0 saturated carbocycles. The van der Waals surface area contributed by atoms with Crippen molar-refractivity contribution in [3.05, 3.63) is 35.9 Å². The lowest BCUT2D eigenvalue weighted by molar-refractivity contribution is -0.123. The summed E-state index contributed by atoms with van der Waals surface area (Å²) in [5.74, 6) is 5.07. The molecule has 1 heterocycles. The molecule has 116 valence electrons. The van der Waals surface area contributed by atoms with Gasteiger partial charge in [-0.3, -0.25) is 10.2 Å². The van der Waals surface area contributed by atoms with Crippen LogP contribution in [0, 0.1) is 5.41 Å². The molecule has 1 aliphatic heterocycles. The van der Waals surface area contributed by atoms with Gasteiger partial charge in [0.2, 0.25) is 5.91 Å². The number of likely N-dealkylation sites (tertiary alicyclic amines) is 1. The number of amides is 1. The number of benzene rings is 1. The molecule has 4 nitrogen and oxygen atoms in total. The number of carbonyl (C=O) groups excluding carboxylic acids is 1. The molecule has 0 aromatic heterocycles. The minimum atomic E-state index is -0.194. The van der Waals surface area contributed by atoms with Gasteiger partial charge in [0, 0.05) is 13.1 Å². The fraction of sp³-hybridized carbons (Fsp3) is 0.588. The molecular formula is C17H27N3O. The molecule has 1 amide bonds. The van der Waals surface area contributed by atoms with E-state index in [-0.39, 0.29) is 11.8 Å². The van der Waals surface area contributed by atoms with E-state index in [1.165, 1.54) is 19.3 Å².